The number of hydrogen-bond acceptors (Lipinski definition) is 6. The van der Waals surface area contributed by atoms with Gasteiger partial charge in [0.05, 0.1) is 18.0 Å². The summed E-state index contributed by atoms with van der Waals surface area (Å²) in [6, 6.07) is 0. The van der Waals surface area contributed by atoms with Crippen LogP contribution in [0.2, 0.25) is 0 Å². The van der Waals surface area contributed by atoms with Gasteiger partial charge in [0.1, 0.15) is 12.2 Å². The summed E-state index contributed by atoms with van der Waals surface area (Å²) >= 11 is 4.03. The first-order chi connectivity index (χ1) is 6.11. The smallest absolute Gasteiger partial charge is 0.171 e. The van der Waals surface area contributed by atoms with Gasteiger partial charge in [0.2, 0.25) is 0 Å². The summed E-state index contributed by atoms with van der Waals surface area (Å²) in [5.41, 5.74) is 0. The predicted octanol–water partition coefficient (Wildman–Crippen LogP) is -1.63. The standard InChI is InChI=1S/C7H14O5S/c1-11-7-6(13)5(10)4(9)3(2-8)12-7/h3-10,13H,2H2,1H3/t3-,4+,5+,6-,7+/m1/s1. The minimum Gasteiger partial charge on any atom is -0.394 e. The van der Waals surface area contributed by atoms with Gasteiger partial charge in [0.25, 0.3) is 0 Å². The van der Waals surface area contributed by atoms with Crippen molar-refractivity contribution < 1.29 is 24.8 Å². The molecule has 1 heterocycles. The van der Waals surface area contributed by atoms with Gasteiger partial charge < -0.3 is 24.8 Å². The number of aliphatic hydroxyl groups excluding tert-OH is 3. The molecule has 0 radical (unpaired) electrons. The van der Waals surface area contributed by atoms with E-state index in [1.54, 1.807) is 0 Å². The topological polar surface area (TPSA) is 79.2 Å². The highest BCUT2D eigenvalue weighted by molar-refractivity contribution is 7.81. The van der Waals surface area contributed by atoms with Gasteiger partial charge in [-0.05, 0) is 0 Å². The van der Waals surface area contributed by atoms with Crippen LogP contribution < -0.4 is 0 Å². The second-order valence-corrected chi connectivity index (χ2v) is 3.53. The minimum atomic E-state index is -1.13. The first-order valence-electron chi connectivity index (χ1n) is 3.95. The average molecular weight is 210 g/mol. The third-order valence-corrected chi connectivity index (χ3v) is 2.63. The number of thiol groups is 1. The second kappa shape index (κ2) is 4.59. The summed E-state index contributed by atoms with van der Waals surface area (Å²) in [6.45, 7) is -0.363. The molecular formula is C7H14O5S. The zero-order chi connectivity index (χ0) is 10.0. The fraction of sp³-hybridized carbons (Fsp3) is 1.00. The number of ether oxygens (including phenoxy) is 2. The van der Waals surface area contributed by atoms with E-state index in [1.165, 1.54) is 7.11 Å². The van der Waals surface area contributed by atoms with E-state index in [2.05, 4.69) is 12.6 Å². The van der Waals surface area contributed by atoms with E-state index in [-0.39, 0.29) is 6.61 Å². The lowest BCUT2D eigenvalue weighted by atomic mass is 10.0. The monoisotopic (exact) mass is 210 g/mol. The Balaban J connectivity index is 2.66. The van der Waals surface area contributed by atoms with Crippen LogP contribution in [0.5, 0.6) is 0 Å². The molecule has 1 aliphatic rings. The first kappa shape index (κ1) is 11.2. The van der Waals surface area contributed by atoms with Gasteiger partial charge in [0, 0.05) is 7.11 Å². The number of methoxy groups -OCH3 is 1. The summed E-state index contributed by atoms with van der Waals surface area (Å²) in [5.74, 6) is 0. The zero-order valence-corrected chi connectivity index (χ0v) is 8.09. The van der Waals surface area contributed by atoms with Crippen molar-refractivity contribution in [3.05, 3.63) is 0 Å². The Hall–Kier alpha value is 0.150. The molecule has 1 saturated heterocycles. The third kappa shape index (κ3) is 2.15. The highest BCUT2D eigenvalue weighted by Gasteiger charge is 2.42. The quantitative estimate of drug-likeness (QED) is 0.412. The lowest BCUT2D eigenvalue weighted by Crippen LogP contribution is -2.57. The van der Waals surface area contributed by atoms with Gasteiger partial charge in [0.15, 0.2) is 6.29 Å². The van der Waals surface area contributed by atoms with Crippen LogP contribution in [0.1, 0.15) is 0 Å². The fourth-order valence-corrected chi connectivity index (χ4v) is 1.63. The van der Waals surface area contributed by atoms with E-state index in [1.807, 2.05) is 0 Å². The summed E-state index contributed by atoms with van der Waals surface area (Å²) in [5, 5.41) is 27.0. The molecule has 0 saturated carbocycles. The van der Waals surface area contributed by atoms with Gasteiger partial charge in [-0.2, -0.15) is 12.6 Å². The number of hydrogen-bond donors (Lipinski definition) is 4. The van der Waals surface area contributed by atoms with Crippen LogP contribution in [0.15, 0.2) is 0 Å². The van der Waals surface area contributed by atoms with Gasteiger partial charge in [-0.25, -0.2) is 0 Å². The maximum Gasteiger partial charge on any atom is 0.171 e. The fourth-order valence-electron chi connectivity index (χ4n) is 1.26. The van der Waals surface area contributed by atoms with Crippen molar-refractivity contribution in [1.29, 1.82) is 0 Å². The van der Waals surface area contributed by atoms with E-state index in [4.69, 9.17) is 14.6 Å². The van der Waals surface area contributed by atoms with E-state index in [9.17, 15) is 10.2 Å². The van der Waals surface area contributed by atoms with Crippen molar-refractivity contribution >= 4 is 12.6 Å². The van der Waals surface area contributed by atoms with Gasteiger partial charge >= 0.3 is 0 Å². The van der Waals surface area contributed by atoms with Crippen molar-refractivity contribution in [3.63, 3.8) is 0 Å². The van der Waals surface area contributed by atoms with Crippen LogP contribution in [-0.4, -0.2) is 58.9 Å². The van der Waals surface area contributed by atoms with Crippen LogP contribution in [-0.2, 0) is 9.47 Å². The molecule has 5 nitrogen and oxygen atoms in total. The number of rotatable bonds is 2. The van der Waals surface area contributed by atoms with Gasteiger partial charge in [-0.1, -0.05) is 0 Å². The molecule has 13 heavy (non-hydrogen) atoms. The Kier molecular flexibility index (Phi) is 3.96. The maximum absolute atomic E-state index is 9.45. The van der Waals surface area contributed by atoms with Crippen LogP contribution in [0.25, 0.3) is 0 Å². The Bertz CT molecular complexity index is 147. The SMILES string of the molecule is CO[C@H]1O[C@H](CO)[C@H](O)[C@H](O)[C@H]1S. The van der Waals surface area contributed by atoms with Crippen LogP contribution in [0, 0.1) is 0 Å². The molecule has 0 spiro atoms. The first-order valence-corrected chi connectivity index (χ1v) is 4.46. The predicted molar refractivity (Wildman–Crippen MR) is 47.5 cm³/mol. The molecule has 0 aromatic carbocycles. The molecule has 0 aliphatic carbocycles. The Morgan fingerprint density at radius 3 is 2.46 bits per heavy atom. The molecule has 0 aromatic heterocycles. The normalized spacial score (nSPS) is 46.4. The molecule has 0 bridgehead atoms. The van der Waals surface area contributed by atoms with Crippen molar-refractivity contribution in [2.75, 3.05) is 13.7 Å². The lowest BCUT2D eigenvalue weighted by Gasteiger charge is -2.39. The van der Waals surface area contributed by atoms with E-state index in [0.29, 0.717) is 0 Å². The van der Waals surface area contributed by atoms with Crippen molar-refractivity contribution in [2.24, 2.45) is 0 Å². The van der Waals surface area contributed by atoms with Crippen molar-refractivity contribution in [1.82, 2.24) is 0 Å². The summed E-state index contributed by atoms with van der Waals surface area (Å²) in [6.07, 6.45) is -3.71. The molecule has 6 heteroatoms. The molecule has 3 N–H and O–H groups in total. The second-order valence-electron chi connectivity index (χ2n) is 2.93. The third-order valence-electron chi connectivity index (χ3n) is 2.08. The highest BCUT2D eigenvalue weighted by Crippen LogP contribution is 2.24. The lowest BCUT2D eigenvalue weighted by molar-refractivity contribution is -0.244. The average Bonchev–Trinajstić information content (AvgIpc) is 2.15. The highest BCUT2D eigenvalue weighted by atomic mass is 32.1. The molecule has 1 rings (SSSR count). The van der Waals surface area contributed by atoms with Crippen LogP contribution in [0.4, 0.5) is 0 Å². The summed E-state index contributed by atoms with van der Waals surface area (Å²) in [7, 11) is 1.41. The molecule has 1 fully saturated rings. The molecule has 0 amide bonds. The molecule has 1 aliphatic heterocycles. The minimum absolute atomic E-state index is 0.363. The molecular weight excluding hydrogens is 196 g/mol. The van der Waals surface area contributed by atoms with Gasteiger partial charge in [-0.3, -0.25) is 0 Å². The van der Waals surface area contributed by atoms with E-state index >= 15 is 0 Å². The maximum atomic E-state index is 9.45. The summed E-state index contributed by atoms with van der Waals surface area (Å²) < 4.78 is 9.99. The molecule has 0 unspecified atom stereocenters. The Labute approximate surface area is 81.7 Å². The van der Waals surface area contributed by atoms with Gasteiger partial charge in [-0.15, -0.1) is 0 Å². The Morgan fingerprint density at radius 2 is 2.00 bits per heavy atom. The molecule has 78 valence electrons. The van der Waals surface area contributed by atoms with Crippen molar-refractivity contribution in [2.45, 2.75) is 29.9 Å². The number of aliphatic hydroxyl groups is 3. The van der Waals surface area contributed by atoms with Crippen LogP contribution >= 0.6 is 12.6 Å². The Morgan fingerprint density at radius 1 is 1.38 bits per heavy atom. The van der Waals surface area contributed by atoms with E-state index < -0.39 is 29.9 Å². The van der Waals surface area contributed by atoms with Crippen molar-refractivity contribution in [3.8, 4) is 0 Å². The molecule has 5 atom stereocenters. The zero-order valence-electron chi connectivity index (χ0n) is 7.20. The van der Waals surface area contributed by atoms with Crippen LogP contribution in [0.3, 0.4) is 0 Å². The largest absolute Gasteiger partial charge is 0.394 e. The van der Waals surface area contributed by atoms with E-state index in [0.717, 1.165) is 0 Å². The molecule has 0 aromatic rings. The summed E-state index contributed by atoms with van der Waals surface area (Å²) in [4.78, 5) is 0.